The van der Waals surface area contributed by atoms with Gasteiger partial charge in [0.05, 0.1) is 0 Å². The largest absolute Gasteiger partial charge is 0.313 e. The predicted molar refractivity (Wildman–Crippen MR) is 78.9 cm³/mol. The van der Waals surface area contributed by atoms with Crippen LogP contribution < -0.4 is 5.32 Å². The average molecular weight is 284 g/mol. The van der Waals surface area contributed by atoms with Crippen LogP contribution >= 0.6 is 11.6 Å². The molecule has 0 spiro atoms. The number of rotatable bonds is 5. The Hall–Kier alpha value is -0.600. The topological polar surface area (TPSA) is 12.0 Å². The fraction of sp³-hybridized carbons (Fsp3) is 0.625. The summed E-state index contributed by atoms with van der Waals surface area (Å²) in [5.74, 6) is 1.55. The first-order valence-electron chi connectivity index (χ1n) is 7.30. The molecule has 0 bridgehead atoms. The van der Waals surface area contributed by atoms with Gasteiger partial charge in [-0.3, -0.25) is 0 Å². The molecule has 0 heterocycles. The Morgan fingerprint density at radius 1 is 1.26 bits per heavy atom. The van der Waals surface area contributed by atoms with Gasteiger partial charge in [0.1, 0.15) is 5.82 Å². The highest BCUT2D eigenvalue weighted by molar-refractivity contribution is 6.30. The Bertz CT molecular complexity index is 400. The quantitative estimate of drug-likeness (QED) is 0.767. The van der Waals surface area contributed by atoms with Gasteiger partial charge in [0.2, 0.25) is 0 Å². The summed E-state index contributed by atoms with van der Waals surface area (Å²) in [5, 5.41) is 3.79. The van der Waals surface area contributed by atoms with Gasteiger partial charge in [0.15, 0.2) is 0 Å². The van der Waals surface area contributed by atoms with Crippen molar-refractivity contribution in [1.82, 2.24) is 5.32 Å². The van der Waals surface area contributed by atoms with Crippen molar-refractivity contribution in [1.29, 1.82) is 0 Å². The maximum Gasteiger partial charge on any atom is 0.129 e. The molecule has 1 saturated carbocycles. The lowest BCUT2D eigenvalue weighted by Crippen LogP contribution is -2.21. The third-order valence-corrected chi connectivity index (χ3v) is 4.43. The van der Waals surface area contributed by atoms with Crippen LogP contribution in [0, 0.1) is 17.7 Å². The van der Waals surface area contributed by atoms with Gasteiger partial charge in [-0.2, -0.15) is 0 Å². The van der Waals surface area contributed by atoms with Crippen LogP contribution in [0.2, 0.25) is 5.02 Å². The predicted octanol–water partition coefficient (Wildman–Crippen LogP) is 4.79. The van der Waals surface area contributed by atoms with E-state index in [4.69, 9.17) is 11.6 Å². The summed E-state index contributed by atoms with van der Waals surface area (Å²) < 4.78 is 13.6. The maximum atomic E-state index is 13.6. The molecule has 1 fully saturated rings. The molecule has 0 amide bonds. The monoisotopic (exact) mass is 283 g/mol. The summed E-state index contributed by atoms with van der Waals surface area (Å²) in [6, 6.07) is 4.87. The van der Waals surface area contributed by atoms with Crippen LogP contribution in [0.5, 0.6) is 0 Å². The van der Waals surface area contributed by atoms with Gasteiger partial charge in [-0.25, -0.2) is 4.39 Å². The molecule has 1 aromatic carbocycles. The Morgan fingerprint density at radius 3 is 2.68 bits per heavy atom. The minimum Gasteiger partial charge on any atom is -0.313 e. The van der Waals surface area contributed by atoms with Gasteiger partial charge in [-0.1, -0.05) is 50.3 Å². The number of benzene rings is 1. The van der Waals surface area contributed by atoms with Gasteiger partial charge in [0, 0.05) is 17.1 Å². The van der Waals surface area contributed by atoms with E-state index >= 15 is 0 Å². The van der Waals surface area contributed by atoms with Crippen LogP contribution in [0.1, 0.15) is 44.6 Å². The Morgan fingerprint density at radius 2 is 2.00 bits per heavy atom. The molecule has 1 aliphatic rings. The van der Waals surface area contributed by atoms with Gasteiger partial charge in [-0.05, 0) is 36.9 Å². The minimum absolute atomic E-state index is 0.216. The molecule has 2 rings (SSSR count). The molecule has 1 N–H and O–H groups in total. The molecular formula is C16H23ClFN. The van der Waals surface area contributed by atoms with Crippen LogP contribution in [0.25, 0.3) is 0 Å². The van der Waals surface area contributed by atoms with Gasteiger partial charge < -0.3 is 5.32 Å². The summed E-state index contributed by atoms with van der Waals surface area (Å²) in [6.07, 6.45) is 6.67. The fourth-order valence-corrected chi connectivity index (χ4v) is 2.97. The first kappa shape index (κ1) is 14.8. The zero-order valence-electron chi connectivity index (χ0n) is 11.6. The number of halogens is 2. The fourth-order valence-electron chi connectivity index (χ4n) is 2.81. The van der Waals surface area contributed by atoms with Crippen molar-refractivity contribution in [2.45, 2.75) is 45.6 Å². The smallest absolute Gasteiger partial charge is 0.129 e. The molecule has 0 unspecified atom stereocenters. The Labute approximate surface area is 120 Å². The molecule has 19 heavy (non-hydrogen) atoms. The van der Waals surface area contributed by atoms with E-state index in [1.165, 1.54) is 38.2 Å². The van der Waals surface area contributed by atoms with Gasteiger partial charge >= 0.3 is 0 Å². The number of nitrogens with one attached hydrogen (secondary N) is 1. The second kappa shape index (κ2) is 7.25. The summed E-state index contributed by atoms with van der Waals surface area (Å²) in [7, 11) is 0. The molecule has 0 aromatic heterocycles. The summed E-state index contributed by atoms with van der Waals surface area (Å²) in [5.41, 5.74) is 0.696. The van der Waals surface area contributed by atoms with Crippen molar-refractivity contribution in [2.24, 2.45) is 11.8 Å². The lowest BCUT2D eigenvalue weighted by Gasteiger charge is -2.26. The van der Waals surface area contributed by atoms with Crippen LogP contribution in [-0.4, -0.2) is 6.54 Å². The first-order valence-corrected chi connectivity index (χ1v) is 7.67. The molecule has 3 heteroatoms. The van der Waals surface area contributed by atoms with Crippen LogP contribution in [0.3, 0.4) is 0 Å². The van der Waals surface area contributed by atoms with Crippen molar-refractivity contribution >= 4 is 11.6 Å². The van der Waals surface area contributed by atoms with Crippen molar-refractivity contribution in [2.75, 3.05) is 6.54 Å². The van der Waals surface area contributed by atoms with Crippen molar-refractivity contribution < 1.29 is 4.39 Å². The normalized spacial score (nSPS) is 23.5. The second-order valence-corrected chi connectivity index (χ2v) is 6.26. The third kappa shape index (κ3) is 4.77. The second-order valence-electron chi connectivity index (χ2n) is 5.83. The lowest BCUT2D eigenvalue weighted by atomic mass is 9.81. The number of hydrogen-bond acceptors (Lipinski definition) is 1. The molecule has 106 valence electrons. The molecule has 0 radical (unpaired) electrons. The summed E-state index contributed by atoms with van der Waals surface area (Å²) in [4.78, 5) is 0. The van der Waals surface area contributed by atoms with E-state index in [0.29, 0.717) is 17.1 Å². The highest BCUT2D eigenvalue weighted by Crippen LogP contribution is 2.29. The van der Waals surface area contributed by atoms with Gasteiger partial charge in [-0.15, -0.1) is 0 Å². The van der Waals surface area contributed by atoms with Crippen molar-refractivity contribution in [3.05, 3.63) is 34.6 Å². The Balaban J connectivity index is 1.66. The average Bonchev–Trinajstić information content (AvgIpc) is 2.39. The maximum absolute atomic E-state index is 13.6. The summed E-state index contributed by atoms with van der Waals surface area (Å²) in [6.45, 7) is 3.91. The van der Waals surface area contributed by atoms with E-state index in [2.05, 4.69) is 12.2 Å². The molecule has 0 atom stereocenters. The minimum atomic E-state index is -0.216. The molecule has 0 aliphatic heterocycles. The Kier molecular flexibility index (Phi) is 5.65. The van der Waals surface area contributed by atoms with E-state index < -0.39 is 0 Å². The highest BCUT2D eigenvalue weighted by atomic mass is 35.5. The zero-order valence-corrected chi connectivity index (χ0v) is 12.3. The standard InChI is InChI=1S/C16H23ClFN/c1-12-2-4-13(5-3-12)8-9-19-11-14-6-7-15(17)10-16(14)18/h6-7,10,12-13,19H,2-5,8-9,11H2,1H3. The molecule has 1 aromatic rings. The summed E-state index contributed by atoms with van der Waals surface area (Å²) >= 11 is 5.73. The van der Waals surface area contributed by atoms with E-state index in [0.717, 1.165) is 18.4 Å². The molecule has 0 saturated heterocycles. The molecule has 1 aliphatic carbocycles. The third-order valence-electron chi connectivity index (χ3n) is 4.20. The van der Waals surface area contributed by atoms with Crippen molar-refractivity contribution in [3.8, 4) is 0 Å². The van der Waals surface area contributed by atoms with Crippen LogP contribution in [0.4, 0.5) is 4.39 Å². The van der Waals surface area contributed by atoms with Crippen molar-refractivity contribution in [3.63, 3.8) is 0 Å². The molecular weight excluding hydrogens is 261 g/mol. The van der Waals surface area contributed by atoms with E-state index in [1.54, 1.807) is 12.1 Å². The SMILES string of the molecule is CC1CCC(CCNCc2ccc(Cl)cc2F)CC1. The van der Waals surface area contributed by atoms with Gasteiger partial charge in [0.25, 0.3) is 0 Å². The van der Waals surface area contributed by atoms with E-state index in [9.17, 15) is 4.39 Å². The molecule has 1 nitrogen and oxygen atoms in total. The highest BCUT2D eigenvalue weighted by Gasteiger charge is 2.17. The lowest BCUT2D eigenvalue weighted by molar-refractivity contribution is 0.275. The zero-order chi connectivity index (χ0) is 13.7. The van der Waals surface area contributed by atoms with E-state index in [-0.39, 0.29) is 5.82 Å². The number of hydrogen-bond donors (Lipinski definition) is 1. The van der Waals surface area contributed by atoms with E-state index in [1.807, 2.05) is 0 Å². The van der Waals surface area contributed by atoms with Crippen LogP contribution in [-0.2, 0) is 6.54 Å². The first-order chi connectivity index (χ1) is 9.15. The van der Waals surface area contributed by atoms with Crippen LogP contribution in [0.15, 0.2) is 18.2 Å².